The van der Waals surface area contributed by atoms with Gasteiger partial charge in [-0.2, -0.15) is 0 Å². The van der Waals surface area contributed by atoms with Crippen molar-refractivity contribution in [3.63, 3.8) is 0 Å². The van der Waals surface area contributed by atoms with Gasteiger partial charge < -0.3 is 61.3 Å². The summed E-state index contributed by atoms with van der Waals surface area (Å²) in [5.41, 5.74) is 10.5. The Morgan fingerprint density at radius 1 is 0.680 bits per heavy atom. The summed E-state index contributed by atoms with van der Waals surface area (Å²) in [6, 6.07) is 33.4. The molecule has 10 fully saturated rings. The fourth-order valence-corrected chi connectivity index (χ4v) is 27.4. The quantitative estimate of drug-likeness (QED) is 0.0252. The van der Waals surface area contributed by atoms with Gasteiger partial charge in [-0.3, -0.25) is 0 Å². The average Bonchev–Trinajstić information content (AvgIpc) is 1.25. The maximum Gasteiger partial charge on any atom is 0.169 e. The number of aromatic hydroxyl groups is 5. The molecule has 15 heteroatoms. The molecule has 17 atom stereocenters. The highest BCUT2D eigenvalue weighted by atomic mass is 33.1. The fourth-order valence-electron chi connectivity index (χ4n) is 24.5. The van der Waals surface area contributed by atoms with Crippen molar-refractivity contribution in [2.24, 2.45) is 51.8 Å². The molecule has 5 saturated heterocycles. The molecule has 7 aromatic rings. The van der Waals surface area contributed by atoms with Gasteiger partial charge in [0.2, 0.25) is 0 Å². The van der Waals surface area contributed by atoms with Crippen LogP contribution in [0, 0.1) is 51.8 Å². The Kier molecular flexibility index (Phi) is 17.1. The van der Waals surface area contributed by atoms with E-state index in [0.29, 0.717) is 70.4 Å². The first-order chi connectivity index (χ1) is 48.8. The minimum atomic E-state index is -0.599. The van der Waals surface area contributed by atoms with Crippen LogP contribution in [-0.4, -0.2) is 107 Å². The number of fused-ring (bicyclic) bond motifs is 9. The summed E-state index contributed by atoms with van der Waals surface area (Å²) in [6.07, 6.45) is 40.4. The molecular weight excluding hydrogens is 1280 g/mol. The Labute approximate surface area is 596 Å². The second-order valence-electron chi connectivity index (χ2n) is 33.1. The lowest BCUT2D eigenvalue weighted by Crippen LogP contribution is -2.79. The number of nitrogens with one attached hydrogen (secondary N) is 5. The lowest BCUT2D eigenvalue weighted by atomic mass is 9.30. The number of hydrogen-bond acceptors (Lipinski definition) is 13. The fraction of sp³-hybridized carbons (Fsp3) is 0.518. The summed E-state index contributed by atoms with van der Waals surface area (Å²) in [4.78, 5) is 13.0. The van der Waals surface area contributed by atoms with Crippen LogP contribution in [0.1, 0.15) is 184 Å². The second kappa shape index (κ2) is 26.1. The van der Waals surface area contributed by atoms with Gasteiger partial charge in [0.15, 0.2) is 23.0 Å². The van der Waals surface area contributed by atoms with E-state index >= 15 is 0 Å². The standard InChI is InChI=1S/C85H100N6O7S2/c92-71-26-18-52(36-74(71)95)17-24-63-64-12-7-13-72(93)76(64)78(97)77(96)65(63)25-16-51-14-19-55(20-15-51)68-41-81-42-69-57(38-66(70(43-81)90-69)54-9-3-1-4-10-54)44-86-45-58(56-37-62(88-46-56)35-53-28-34-98-82(40-53)29-5-2-6-30-82)48-99-100-49-61-22-21-60-39-67(81)80(91-68)85(75-47-87-50-89-75)79-73(94)27-23-59-11-8-31-83(59,79)32-33-84(60,61)85/h1,3-4,7,9-10,12-15,17-20,23-24,26-27,36-38,46-47,50,53,58-61,66-70,73,79-80,86,88,90-97H,2,5-6,8,11,16,21-22,25,28-35,39-45,48-49H2,(H,87,89). The van der Waals surface area contributed by atoms with Crippen LogP contribution in [0.15, 0.2) is 140 Å². The molecule has 5 saturated carbocycles. The first kappa shape index (κ1) is 65.6. The molecule has 4 spiro atoms. The number of aromatic amines is 2. The first-order valence-corrected chi connectivity index (χ1v) is 40.7. The molecule has 8 heterocycles. The number of phenolic OH excluding ortho intramolecular Hbond substituents is 5. The third-order valence-electron chi connectivity index (χ3n) is 28.6. The van der Waals surface area contributed by atoms with E-state index in [2.05, 4.69) is 133 Å². The zero-order valence-corrected chi connectivity index (χ0v) is 59.2. The average molecular weight is 1380 g/mol. The molecule has 11 N–H and O–H groups in total. The Morgan fingerprint density at radius 2 is 1.53 bits per heavy atom. The molecule has 12 aliphatic rings. The first-order valence-electron chi connectivity index (χ1n) is 38.2. The van der Waals surface area contributed by atoms with Gasteiger partial charge in [0.05, 0.1) is 23.4 Å². The van der Waals surface area contributed by atoms with E-state index in [0.717, 1.165) is 81.7 Å². The van der Waals surface area contributed by atoms with E-state index in [4.69, 9.17) is 15.0 Å². The van der Waals surface area contributed by atoms with Crippen molar-refractivity contribution in [1.82, 2.24) is 30.9 Å². The Bertz CT molecular complexity index is 4260. The van der Waals surface area contributed by atoms with Crippen molar-refractivity contribution < 1.29 is 35.4 Å². The van der Waals surface area contributed by atoms with Gasteiger partial charge in [0.1, 0.15) is 5.75 Å². The zero-order chi connectivity index (χ0) is 67.5. The maximum absolute atomic E-state index is 13.7. The van der Waals surface area contributed by atoms with Gasteiger partial charge in [-0.15, -0.1) is 0 Å². The number of imidazole rings is 1. The smallest absolute Gasteiger partial charge is 0.169 e. The summed E-state index contributed by atoms with van der Waals surface area (Å²) in [5, 5.41) is 83.0. The van der Waals surface area contributed by atoms with E-state index in [9.17, 15) is 30.6 Å². The minimum Gasteiger partial charge on any atom is -0.507 e. The Morgan fingerprint density at radius 3 is 2.38 bits per heavy atom. The van der Waals surface area contributed by atoms with Crippen LogP contribution < -0.4 is 16.0 Å². The molecular formula is C85H100N6O7S2. The van der Waals surface area contributed by atoms with Crippen molar-refractivity contribution >= 4 is 44.5 Å². The number of aliphatic hydroxyl groups excluding tert-OH is 1. The van der Waals surface area contributed by atoms with Crippen LogP contribution in [0.2, 0.25) is 0 Å². The van der Waals surface area contributed by atoms with Crippen molar-refractivity contribution in [2.45, 2.75) is 188 Å². The largest absolute Gasteiger partial charge is 0.507 e. The van der Waals surface area contributed by atoms with Crippen LogP contribution in [0.25, 0.3) is 22.9 Å². The Hall–Kier alpha value is -6.43. The van der Waals surface area contributed by atoms with E-state index in [1.54, 1.807) is 18.2 Å². The number of aliphatic hydroxyl groups is 1. The lowest BCUT2D eigenvalue weighted by molar-refractivity contribution is -0.228. The summed E-state index contributed by atoms with van der Waals surface area (Å²) in [6.45, 7) is 2.62. The lowest BCUT2D eigenvalue weighted by Gasteiger charge is -2.76. The number of ether oxygens (including phenoxy) is 1. The number of phenols is 5. The van der Waals surface area contributed by atoms with Crippen molar-refractivity contribution in [1.29, 1.82) is 0 Å². The summed E-state index contributed by atoms with van der Waals surface area (Å²) in [5.74, 6) is 3.74. The van der Waals surface area contributed by atoms with Gasteiger partial charge in [-0.05, 0) is 224 Å². The van der Waals surface area contributed by atoms with Crippen molar-refractivity contribution in [3.05, 3.63) is 190 Å². The predicted octanol–water partition coefficient (Wildman–Crippen LogP) is 16.1. The van der Waals surface area contributed by atoms with Crippen LogP contribution in [0.4, 0.5) is 0 Å². The van der Waals surface area contributed by atoms with E-state index < -0.39 is 11.5 Å². The number of benzene rings is 5. The molecule has 5 aromatic carbocycles. The van der Waals surface area contributed by atoms with Crippen molar-refractivity contribution in [3.8, 4) is 28.7 Å². The molecule has 17 unspecified atom stereocenters. The van der Waals surface area contributed by atoms with Gasteiger partial charge in [-0.1, -0.05) is 150 Å². The summed E-state index contributed by atoms with van der Waals surface area (Å²) >= 11 is 0. The monoisotopic (exact) mass is 1380 g/mol. The number of nitrogens with zero attached hydrogens (tertiary/aromatic N) is 1. The van der Waals surface area contributed by atoms with Crippen LogP contribution >= 0.6 is 21.6 Å². The minimum absolute atomic E-state index is 0.000650. The van der Waals surface area contributed by atoms with Crippen LogP contribution in [0.5, 0.6) is 28.7 Å². The normalized spacial score (nSPS) is 35.9. The number of piperidine rings is 2. The van der Waals surface area contributed by atoms with Crippen molar-refractivity contribution in [2.75, 3.05) is 31.2 Å². The highest BCUT2D eigenvalue weighted by Gasteiger charge is 2.80. The van der Waals surface area contributed by atoms with Gasteiger partial charge in [0, 0.05) is 108 Å². The van der Waals surface area contributed by atoms with Gasteiger partial charge in [0.25, 0.3) is 0 Å². The third-order valence-corrected chi connectivity index (χ3v) is 31.1. The molecule has 0 amide bonds. The maximum atomic E-state index is 13.7. The van der Waals surface area contributed by atoms with Crippen LogP contribution in [0.3, 0.4) is 0 Å². The number of aryl methyl sites for hydroxylation is 1. The molecule has 6 aliphatic heterocycles. The predicted molar refractivity (Wildman–Crippen MR) is 400 cm³/mol. The molecule has 8 bridgehead atoms. The third kappa shape index (κ3) is 10.8. The highest BCUT2D eigenvalue weighted by Crippen LogP contribution is 2.81. The molecule has 13 nitrogen and oxygen atoms in total. The summed E-state index contributed by atoms with van der Waals surface area (Å²) < 4.78 is 6.61. The topological polar surface area (TPSA) is 211 Å². The summed E-state index contributed by atoms with van der Waals surface area (Å²) in [7, 11) is 4.26. The number of H-pyrrole nitrogens is 2. The molecule has 100 heavy (non-hydrogen) atoms. The highest BCUT2D eigenvalue weighted by molar-refractivity contribution is 8.76. The SMILES string of the molecule is Oc1ccc(C=Cc2c(CCc3ccc(C4CC56CC7NC(C5)C(c5ccccc5)C=C7CNCC(c5c[nH]c(CC7CCOC8(CCCCC8)C7)c5)CSSCC5CCC7CC6C(N4)C4(c6cnc[nH]6)C6C(O)C=CC8CCCC86CCC574)cc3)c(O)c(O)c3c(O)cccc23)cc1O. The number of hydrogen-bond donors (Lipinski definition) is 11. The zero-order valence-electron chi connectivity index (χ0n) is 57.6. The van der Waals surface area contributed by atoms with Gasteiger partial charge in [-0.25, -0.2) is 4.98 Å². The Balaban J connectivity index is 0.735. The van der Waals surface area contributed by atoms with E-state index in [-0.39, 0.29) is 92.0 Å². The number of aromatic nitrogens is 3. The number of allylic oxidation sites excluding steroid dienone is 1. The van der Waals surface area contributed by atoms with Gasteiger partial charge >= 0.3 is 0 Å². The molecule has 6 aliphatic carbocycles. The molecule has 524 valence electrons. The molecule has 19 rings (SSSR count). The molecule has 2 aromatic heterocycles. The number of rotatable bonds is 11. The van der Waals surface area contributed by atoms with Crippen LogP contribution in [-0.2, 0) is 29.4 Å². The van der Waals surface area contributed by atoms with E-state index in [1.807, 2.05) is 18.5 Å². The van der Waals surface area contributed by atoms with E-state index in [1.165, 1.54) is 129 Å². The molecule has 0 radical (unpaired) electrons. The second-order valence-corrected chi connectivity index (χ2v) is 35.6.